The van der Waals surface area contributed by atoms with Gasteiger partial charge >= 0.3 is 0 Å². The molecule has 1 N–H and O–H groups in total. The molecule has 0 aromatic carbocycles. The molecule has 1 aliphatic rings. The summed E-state index contributed by atoms with van der Waals surface area (Å²) < 4.78 is 0. The van der Waals surface area contributed by atoms with Crippen molar-refractivity contribution in [3.8, 4) is 0 Å². The zero-order valence-electron chi connectivity index (χ0n) is 13.1. The first-order valence-corrected chi connectivity index (χ1v) is 8.94. The van der Waals surface area contributed by atoms with Crippen molar-refractivity contribution < 1.29 is 0 Å². The van der Waals surface area contributed by atoms with E-state index in [0.717, 1.165) is 30.7 Å². The Bertz CT molecular complexity index is 430. The molecule has 1 fully saturated rings. The average Bonchev–Trinajstić information content (AvgIpc) is 3.26. The molecule has 1 aliphatic carbocycles. The lowest BCUT2D eigenvalue weighted by Crippen LogP contribution is -2.23. The number of nitrogens with zero attached hydrogens (tertiary/aromatic N) is 2. The smallest absolute Gasteiger partial charge is 0.128 e. The minimum Gasteiger partial charge on any atom is -0.359 e. The molecule has 20 heavy (non-hydrogen) atoms. The molecule has 0 unspecified atom stereocenters. The molecule has 0 radical (unpaired) electrons. The van der Waals surface area contributed by atoms with Gasteiger partial charge in [0.25, 0.3) is 0 Å². The Kier molecular flexibility index (Phi) is 5.73. The second-order valence-electron chi connectivity index (χ2n) is 5.98. The van der Waals surface area contributed by atoms with Crippen LogP contribution in [-0.4, -0.2) is 36.6 Å². The van der Waals surface area contributed by atoms with E-state index in [0.29, 0.717) is 5.92 Å². The number of hydrogen-bond donors (Lipinski definition) is 1. The van der Waals surface area contributed by atoms with Crippen LogP contribution < -0.4 is 10.2 Å². The number of thioether (sulfide) groups is 1. The van der Waals surface area contributed by atoms with Crippen molar-refractivity contribution in [1.82, 2.24) is 10.3 Å². The van der Waals surface area contributed by atoms with E-state index in [4.69, 9.17) is 4.98 Å². The van der Waals surface area contributed by atoms with Crippen LogP contribution in [0.2, 0.25) is 0 Å². The second-order valence-corrected chi connectivity index (χ2v) is 6.97. The summed E-state index contributed by atoms with van der Waals surface area (Å²) in [6.45, 7) is 6.44. The van der Waals surface area contributed by atoms with Gasteiger partial charge in [0.05, 0.1) is 0 Å². The molecule has 0 atom stereocenters. The maximum atomic E-state index is 4.82. The lowest BCUT2D eigenvalue weighted by atomic mass is 10.1. The minimum absolute atomic E-state index is 0.476. The van der Waals surface area contributed by atoms with Crippen LogP contribution in [0.3, 0.4) is 0 Å². The number of aromatic nitrogens is 1. The Morgan fingerprint density at radius 3 is 2.75 bits per heavy atom. The molecule has 2 rings (SSSR count). The van der Waals surface area contributed by atoms with Crippen molar-refractivity contribution in [2.24, 2.45) is 0 Å². The molecule has 0 saturated heterocycles. The van der Waals surface area contributed by atoms with Gasteiger partial charge in [-0.2, -0.15) is 11.8 Å². The van der Waals surface area contributed by atoms with E-state index in [2.05, 4.69) is 49.5 Å². The van der Waals surface area contributed by atoms with E-state index >= 15 is 0 Å². The van der Waals surface area contributed by atoms with Gasteiger partial charge < -0.3 is 10.2 Å². The molecule has 3 nitrogen and oxygen atoms in total. The van der Waals surface area contributed by atoms with Crippen LogP contribution in [0.4, 0.5) is 5.82 Å². The van der Waals surface area contributed by atoms with Gasteiger partial charge in [0.2, 0.25) is 0 Å². The predicted octanol–water partition coefficient (Wildman–Crippen LogP) is 3.26. The predicted molar refractivity (Wildman–Crippen MR) is 89.8 cm³/mol. The maximum Gasteiger partial charge on any atom is 0.128 e. The van der Waals surface area contributed by atoms with Gasteiger partial charge in [0, 0.05) is 37.6 Å². The highest BCUT2D eigenvalue weighted by Crippen LogP contribution is 2.22. The van der Waals surface area contributed by atoms with E-state index in [9.17, 15) is 0 Å². The van der Waals surface area contributed by atoms with Gasteiger partial charge in [-0.15, -0.1) is 0 Å². The molecular formula is C16H27N3S. The highest BCUT2D eigenvalue weighted by molar-refractivity contribution is 7.98. The summed E-state index contributed by atoms with van der Waals surface area (Å²) in [6.07, 6.45) is 4.82. The van der Waals surface area contributed by atoms with Crippen LogP contribution in [0.1, 0.15) is 43.9 Å². The highest BCUT2D eigenvalue weighted by atomic mass is 32.2. The third-order valence-electron chi connectivity index (χ3n) is 3.68. The lowest BCUT2D eigenvalue weighted by Gasteiger charge is -2.20. The van der Waals surface area contributed by atoms with Crippen molar-refractivity contribution in [3.63, 3.8) is 0 Å². The Balaban J connectivity index is 2.11. The van der Waals surface area contributed by atoms with Crippen molar-refractivity contribution in [1.29, 1.82) is 0 Å². The third kappa shape index (κ3) is 4.67. The van der Waals surface area contributed by atoms with Gasteiger partial charge in [-0.05, 0) is 42.7 Å². The van der Waals surface area contributed by atoms with Crippen LogP contribution in [0.5, 0.6) is 0 Å². The van der Waals surface area contributed by atoms with Gasteiger partial charge in [-0.3, -0.25) is 0 Å². The third-order valence-corrected chi connectivity index (χ3v) is 4.27. The molecule has 1 aromatic rings. The summed E-state index contributed by atoms with van der Waals surface area (Å²) in [6, 6.07) is 5.25. The Morgan fingerprint density at radius 2 is 2.15 bits per heavy atom. The van der Waals surface area contributed by atoms with Gasteiger partial charge in [-0.1, -0.05) is 13.8 Å². The topological polar surface area (TPSA) is 28.2 Å². The van der Waals surface area contributed by atoms with Gasteiger partial charge in [-0.25, -0.2) is 4.98 Å². The highest BCUT2D eigenvalue weighted by Gasteiger charge is 2.20. The number of nitrogens with one attached hydrogen (secondary N) is 1. The van der Waals surface area contributed by atoms with E-state index in [1.807, 2.05) is 11.8 Å². The Morgan fingerprint density at radius 1 is 1.40 bits per heavy atom. The minimum atomic E-state index is 0.476. The van der Waals surface area contributed by atoms with E-state index in [-0.39, 0.29) is 0 Å². The summed E-state index contributed by atoms with van der Waals surface area (Å²) >= 11 is 1.88. The monoisotopic (exact) mass is 293 g/mol. The molecule has 1 aromatic heterocycles. The van der Waals surface area contributed by atoms with Crippen LogP contribution in [-0.2, 0) is 6.54 Å². The fourth-order valence-electron chi connectivity index (χ4n) is 2.08. The summed E-state index contributed by atoms with van der Waals surface area (Å²) in [5.74, 6) is 2.72. The summed E-state index contributed by atoms with van der Waals surface area (Å²) in [7, 11) is 2.14. The van der Waals surface area contributed by atoms with Crippen LogP contribution in [0.25, 0.3) is 0 Å². The number of anilines is 1. The fourth-order valence-corrected chi connectivity index (χ4v) is 2.54. The molecule has 4 heteroatoms. The standard InChI is InChI=1S/C16H27N3S/c1-12(2)15-9-13(11-17-14-5-6-14)10-16(18-15)19(3)7-8-20-4/h9-10,12,14,17H,5-8,11H2,1-4H3. The molecule has 1 saturated carbocycles. The van der Waals surface area contributed by atoms with Crippen LogP contribution in [0, 0.1) is 0 Å². The number of hydrogen-bond acceptors (Lipinski definition) is 4. The van der Waals surface area contributed by atoms with Crippen molar-refractivity contribution >= 4 is 17.6 Å². The molecule has 0 bridgehead atoms. The number of pyridine rings is 1. The molecular weight excluding hydrogens is 266 g/mol. The Hall–Kier alpha value is -0.740. The average molecular weight is 293 g/mol. The van der Waals surface area contributed by atoms with Crippen molar-refractivity contribution in [2.75, 3.05) is 30.5 Å². The number of rotatable bonds is 8. The summed E-state index contributed by atoms with van der Waals surface area (Å²) in [4.78, 5) is 7.08. The quantitative estimate of drug-likeness (QED) is 0.796. The Labute approximate surface area is 127 Å². The summed E-state index contributed by atoms with van der Waals surface area (Å²) in [5.41, 5.74) is 2.56. The van der Waals surface area contributed by atoms with Crippen LogP contribution in [0.15, 0.2) is 12.1 Å². The van der Waals surface area contributed by atoms with E-state index in [1.165, 1.54) is 24.1 Å². The summed E-state index contributed by atoms with van der Waals surface area (Å²) in [5, 5.41) is 3.60. The lowest BCUT2D eigenvalue weighted by molar-refractivity contribution is 0.683. The zero-order chi connectivity index (χ0) is 14.5. The van der Waals surface area contributed by atoms with Crippen molar-refractivity contribution in [3.05, 3.63) is 23.4 Å². The first kappa shape index (κ1) is 15.6. The molecule has 0 amide bonds. The molecule has 1 heterocycles. The second kappa shape index (κ2) is 7.32. The normalized spacial score (nSPS) is 14.8. The zero-order valence-corrected chi connectivity index (χ0v) is 14.0. The first-order valence-electron chi connectivity index (χ1n) is 7.54. The molecule has 112 valence electrons. The van der Waals surface area contributed by atoms with Gasteiger partial charge in [0.15, 0.2) is 0 Å². The van der Waals surface area contributed by atoms with Crippen molar-refractivity contribution in [2.45, 2.75) is 45.2 Å². The largest absolute Gasteiger partial charge is 0.359 e. The molecule has 0 spiro atoms. The first-order chi connectivity index (χ1) is 9.60. The molecule has 0 aliphatic heterocycles. The maximum absolute atomic E-state index is 4.82. The van der Waals surface area contributed by atoms with Gasteiger partial charge in [0.1, 0.15) is 5.82 Å². The fraction of sp³-hybridized carbons (Fsp3) is 0.688. The van der Waals surface area contributed by atoms with Crippen LogP contribution >= 0.6 is 11.8 Å². The SMILES string of the molecule is CSCCN(C)c1cc(CNC2CC2)cc(C(C)C)n1. The van der Waals surface area contributed by atoms with E-state index in [1.54, 1.807) is 0 Å². The van der Waals surface area contributed by atoms with E-state index < -0.39 is 0 Å².